The maximum Gasteiger partial charge on any atom is 0.409 e. The lowest BCUT2D eigenvalue weighted by Crippen LogP contribution is -2.41. The van der Waals surface area contributed by atoms with Crippen LogP contribution in [0.3, 0.4) is 0 Å². The molecule has 0 atom stereocenters. The molecule has 1 aliphatic heterocycles. The van der Waals surface area contributed by atoms with Gasteiger partial charge < -0.3 is 14.4 Å². The molecule has 164 valence electrons. The molecular formula is C23H43NO4. The van der Waals surface area contributed by atoms with E-state index in [2.05, 4.69) is 13.8 Å². The molecule has 5 heteroatoms. The molecule has 0 aromatic heterocycles. The van der Waals surface area contributed by atoms with Crippen molar-refractivity contribution in [3.05, 3.63) is 0 Å². The van der Waals surface area contributed by atoms with E-state index in [1.807, 2.05) is 0 Å². The molecule has 1 fully saturated rings. The molecule has 0 saturated carbocycles. The largest absolute Gasteiger partial charge is 0.465 e. The van der Waals surface area contributed by atoms with Gasteiger partial charge in [0.2, 0.25) is 0 Å². The van der Waals surface area contributed by atoms with Crippen molar-refractivity contribution in [1.82, 2.24) is 4.90 Å². The van der Waals surface area contributed by atoms with Crippen LogP contribution in [0.5, 0.6) is 0 Å². The number of piperidine rings is 1. The van der Waals surface area contributed by atoms with Gasteiger partial charge in [-0.15, -0.1) is 0 Å². The molecule has 0 unspecified atom stereocenters. The van der Waals surface area contributed by atoms with Gasteiger partial charge >= 0.3 is 12.1 Å². The van der Waals surface area contributed by atoms with Crippen molar-refractivity contribution >= 4 is 12.1 Å². The summed E-state index contributed by atoms with van der Waals surface area (Å²) in [4.78, 5) is 25.8. The number of hydrogen-bond acceptors (Lipinski definition) is 4. The Hall–Kier alpha value is -1.26. The Kier molecular flexibility index (Phi) is 14.8. The number of nitrogens with zero attached hydrogens (tertiary/aromatic N) is 1. The molecule has 1 saturated heterocycles. The summed E-state index contributed by atoms with van der Waals surface area (Å²) >= 11 is 0. The van der Waals surface area contributed by atoms with Gasteiger partial charge in [0.25, 0.3) is 0 Å². The molecule has 1 amide bonds. The smallest absolute Gasteiger partial charge is 0.409 e. The fourth-order valence-electron chi connectivity index (χ4n) is 3.57. The summed E-state index contributed by atoms with van der Waals surface area (Å²) in [5.74, 6) is -0.155. The summed E-state index contributed by atoms with van der Waals surface area (Å²) in [5, 5.41) is 0. The van der Waals surface area contributed by atoms with E-state index in [1.165, 1.54) is 51.4 Å². The number of carbonyl (C=O) groups excluding carboxylic acids is 2. The van der Waals surface area contributed by atoms with Crippen LogP contribution in [0.1, 0.15) is 104 Å². The number of amides is 1. The Bertz CT molecular complexity index is 405. The first kappa shape index (κ1) is 24.8. The zero-order chi connectivity index (χ0) is 20.5. The summed E-state index contributed by atoms with van der Waals surface area (Å²) in [7, 11) is 0. The van der Waals surface area contributed by atoms with Gasteiger partial charge in [0.1, 0.15) is 0 Å². The minimum Gasteiger partial charge on any atom is -0.465 e. The van der Waals surface area contributed by atoms with Crippen molar-refractivity contribution in [3.8, 4) is 0 Å². The number of rotatable bonds is 15. The summed E-state index contributed by atoms with van der Waals surface area (Å²) < 4.78 is 10.7. The molecule has 0 N–H and O–H groups in total. The molecule has 1 heterocycles. The maximum atomic E-state index is 12.2. The monoisotopic (exact) mass is 397 g/mol. The van der Waals surface area contributed by atoms with Crippen LogP contribution in [-0.2, 0) is 14.3 Å². The topological polar surface area (TPSA) is 55.8 Å². The van der Waals surface area contributed by atoms with Crippen LogP contribution >= 0.6 is 0 Å². The van der Waals surface area contributed by atoms with E-state index in [9.17, 15) is 9.59 Å². The van der Waals surface area contributed by atoms with Crippen molar-refractivity contribution in [2.45, 2.75) is 104 Å². The number of carbonyl (C=O) groups is 2. The van der Waals surface area contributed by atoms with E-state index in [4.69, 9.17) is 9.47 Å². The highest BCUT2D eigenvalue weighted by atomic mass is 16.6. The van der Waals surface area contributed by atoms with Crippen LogP contribution in [-0.4, -0.2) is 43.3 Å². The normalized spacial score (nSPS) is 14.9. The number of hydrogen-bond donors (Lipinski definition) is 0. The molecule has 1 aliphatic rings. The molecule has 0 aromatic rings. The summed E-state index contributed by atoms with van der Waals surface area (Å²) in [6.45, 7) is 6.51. The minimum atomic E-state index is -0.245. The molecular weight excluding hydrogens is 354 g/mol. The van der Waals surface area contributed by atoms with Crippen molar-refractivity contribution in [2.24, 2.45) is 5.92 Å². The van der Waals surface area contributed by atoms with E-state index >= 15 is 0 Å². The zero-order valence-corrected chi connectivity index (χ0v) is 18.4. The summed E-state index contributed by atoms with van der Waals surface area (Å²) in [6, 6.07) is 0. The van der Waals surface area contributed by atoms with Crippen LogP contribution in [0.15, 0.2) is 0 Å². The molecule has 0 bridgehead atoms. The van der Waals surface area contributed by atoms with Crippen LogP contribution in [0.25, 0.3) is 0 Å². The highest BCUT2D eigenvalue weighted by Crippen LogP contribution is 2.19. The van der Waals surface area contributed by atoms with Gasteiger partial charge in [0, 0.05) is 13.1 Å². The van der Waals surface area contributed by atoms with Gasteiger partial charge in [-0.25, -0.2) is 4.79 Å². The molecule has 28 heavy (non-hydrogen) atoms. The number of esters is 1. The fourth-order valence-corrected chi connectivity index (χ4v) is 3.57. The van der Waals surface area contributed by atoms with Crippen molar-refractivity contribution in [2.75, 3.05) is 26.3 Å². The van der Waals surface area contributed by atoms with E-state index in [1.54, 1.807) is 4.90 Å². The first-order chi connectivity index (χ1) is 13.7. The Morgan fingerprint density at radius 3 is 1.79 bits per heavy atom. The van der Waals surface area contributed by atoms with Crippen LogP contribution < -0.4 is 0 Å². The zero-order valence-electron chi connectivity index (χ0n) is 18.4. The Morgan fingerprint density at radius 2 is 1.21 bits per heavy atom. The second kappa shape index (κ2) is 16.7. The first-order valence-electron chi connectivity index (χ1n) is 11.8. The summed E-state index contributed by atoms with van der Waals surface area (Å²) in [5.41, 5.74) is 0. The van der Waals surface area contributed by atoms with Gasteiger partial charge in [-0.3, -0.25) is 4.79 Å². The third-order valence-corrected chi connectivity index (χ3v) is 5.55. The average molecular weight is 398 g/mol. The van der Waals surface area contributed by atoms with Crippen LogP contribution in [0.2, 0.25) is 0 Å². The molecule has 1 rings (SSSR count). The lowest BCUT2D eigenvalue weighted by atomic mass is 9.97. The molecule has 0 spiro atoms. The fraction of sp³-hybridized carbons (Fsp3) is 0.913. The predicted octanol–water partition coefficient (Wildman–Crippen LogP) is 6.10. The predicted molar refractivity (Wildman–Crippen MR) is 113 cm³/mol. The Balaban J connectivity index is 1.97. The number of likely N-dealkylation sites (tertiary alicyclic amines) is 1. The van der Waals surface area contributed by atoms with Gasteiger partial charge in [-0.1, -0.05) is 78.1 Å². The summed E-state index contributed by atoms with van der Waals surface area (Å²) in [6.07, 6.45) is 15.8. The number of ether oxygens (including phenoxy) is 2. The van der Waals surface area contributed by atoms with Crippen LogP contribution in [0, 0.1) is 5.92 Å². The van der Waals surface area contributed by atoms with Crippen molar-refractivity contribution < 1.29 is 19.1 Å². The van der Waals surface area contributed by atoms with E-state index < -0.39 is 0 Å². The highest BCUT2D eigenvalue weighted by molar-refractivity contribution is 5.73. The SMILES string of the molecule is CCCCCCCCCCCCOC(=O)C1CCN(C(=O)OCCCC)CC1. The molecule has 0 radical (unpaired) electrons. The standard InChI is InChI=1S/C23H43NO4/c1-3-5-7-8-9-10-11-12-13-14-20-27-22(25)21-15-17-24(18-16-21)23(26)28-19-6-4-2/h21H,3-20H2,1-2H3. The third-order valence-electron chi connectivity index (χ3n) is 5.55. The minimum absolute atomic E-state index is 0.0668. The van der Waals surface area contributed by atoms with Gasteiger partial charge in [-0.2, -0.15) is 0 Å². The van der Waals surface area contributed by atoms with Crippen molar-refractivity contribution in [3.63, 3.8) is 0 Å². The van der Waals surface area contributed by atoms with Crippen LogP contribution in [0.4, 0.5) is 4.79 Å². The van der Waals surface area contributed by atoms with E-state index in [0.29, 0.717) is 39.1 Å². The third kappa shape index (κ3) is 11.6. The highest BCUT2D eigenvalue weighted by Gasteiger charge is 2.28. The lowest BCUT2D eigenvalue weighted by Gasteiger charge is -2.30. The van der Waals surface area contributed by atoms with E-state index in [0.717, 1.165) is 25.7 Å². The number of unbranched alkanes of at least 4 members (excludes halogenated alkanes) is 10. The van der Waals surface area contributed by atoms with Gasteiger partial charge in [0.15, 0.2) is 0 Å². The second-order valence-corrected chi connectivity index (χ2v) is 8.08. The van der Waals surface area contributed by atoms with Crippen molar-refractivity contribution in [1.29, 1.82) is 0 Å². The average Bonchev–Trinajstić information content (AvgIpc) is 2.72. The maximum absolute atomic E-state index is 12.2. The first-order valence-corrected chi connectivity index (χ1v) is 11.8. The Labute approximate surface area is 172 Å². The Morgan fingerprint density at radius 1 is 0.714 bits per heavy atom. The molecule has 0 aromatic carbocycles. The van der Waals surface area contributed by atoms with Gasteiger partial charge in [-0.05, 0) is 25.7 Å². The van der Waals surface area contributed by atoms with Gasteiger partial charge in [0.05, 0.1) is 19.1 Å². The van der Waals surface area contributed by atoms with E-state index in [-0.39, 0.29) is 18.0 Å². The molecule has 5 nitrogen and oxygen atoms in total. The molecule has 0 aliphatic carbocycles. The second-order valence-electron chi connectivity index (χ2n) is 8.08. The lowest BCUT2D eigenvalue weighted by molar-refractivity contribution is -0.150. The quantitative estimate of drug-likeness (QED) is 0.247.